The van der Waals surface area contributed by atoms with E-state index in [1.54, 1.807) is 6.92 Å². The van der Waals surface area contributed by atoms with Crippen molar-refractivity contribution in [1.82, 2.24) is 9.29 Å². The molecule has 1 aromatic rings. The molecule has 114 valence electrons. The molecule has 1 aliphatic heterocycles. The molecule has 0 radical (unpaired) electrons. The minimum atomic E-state index is -3.52. The summed E-state index contributed by atoms with van der Waals surface area (Å²) in [5.74, 6) is 0.542. The van der Waals surface area contributed by atoms with Crippen molar-refractivity contribution in [3.63, 3.8) is 0 Å². The molecule has 7 heteroatoms. The number of thiazole rings is 1. The van der Waals surface area contributed by atoms with Crippen LogP contribution >= 0.6 is 11.3 Å². The van der Waals surface area contributed by atoms with Gasteiger partial charge in [-0.2, -0.15) is 4.31 Å². The number of aromatic nitrogens is 1. The maximum atomic E-state index is 12.6. The van der Waals surface area contributed by atoms with Crippen LogP contribution in [0.5, 0.6) is 0 Å². The molecule has 1 fully saturated rings. The summed E-state index contributed by atoms with van der Waals surface area (Å²) in [4.78, 5) is 13.5. The Balaban J connectivity index is 2.18. The molecule has 1 aliphatic rings. The van der Waals surface area contributed by atoms with Crippen molar-refractivity contribution < 1.29 is 8.42 Å². The Labute approximate surface area is 124 Å². The standard InChI is InChI=1S/C13H22N2O3S2/c1-9-11(19-12(16)14-9)20(17,18)15-7-5-10(6-8-15)13(2,3)4/h10H,5-8H2,1-4H3,(H,14,16). The number of aryl methyl sites for hydroxylation is 1. The molecule has 2 heterocycles. The number of aromatic amines is 1. The molecule has 5 nitrogen and oxygen atoms in total. The fourth-order valence-electron chi connectivity index (χ4n) is 2.72. The van der Waals surface area contributed by atoms with Crippen LogP contribution in [0, 0.1) is 18.3 Å². The second-order valence-corrected chi connectivity index (χ2v) is 9.59. The van der Waals surface area contributed by atoms with Crippen LogP contribution in [0.3, 0.4) is 0 Å². The Morgan fingerprint density at radius 3 is 2.20 bits per heavy atom. The molecule has 0 bridgehead atoms. The zero-order chi connectivity index (χ0) is 15.1. The summed E-state index contributed by atoms with van der Waals surface area (Å²) >= 11 is 0.781. The van der Waals surface area contributed by atoms with E-state index in [1.165, 1.54) is 4.31 Å². The van der Waals surface area contributed by atoms with Crippen LogP contribution in [-0.4, -0.2) is 30.8 Å². The topological polar surface area (TPSA) is 70.2 Å². The molecule has 0 amide bonds. The molecule has 1 saturated heterocycles. The van der Waals surface area contributed by atoms with Crippen molar-refractivity contribution in [2.75, 3.05) is 13.1 Å². The van der Waals surface area contributed by atoms with E-state index in [4.69, 9.17) is 0 Å². The quantitative estimate of drug-likeness (QED) is 0.908. The zero-order valence-corrected chi connectivity index (χ0v) is 14.0. The average Bonchev–Trinajstić information content (AvgIpc) is 2.68. The summed E-state index contributed by atoms with van der Waals surface area (Å²) in [6.07, 6.45) is 1.75. The van der Waals surface area contributed by atoms with E-state index in [2.05, 4.69) is 25.8 Å². The number of sulfonamides is 1. The van der Waals surface area contributed by atoms with Gasteiger partial charge in [-0.05, 0) is 31.1 Å². The van der Waals surface area contributed by atoms with Crippen LogP contribution in [0.15, 0.2) is 9.00 Å². The smallest absolute Gasteiger partial charge is 0.305 e. The predicted molar refractivity (Wildman–Crippen MR) is 80.6 cm³/mol. The summed E-state index contributed by atoms with van der Waals surface area (Å²) in [5.41, 5.74) is 0.656. The van der Waals surface area contributed by atoms with Crippen molar-refractivity contribution in [2.24, 2.45) is 11.3 Å². The molecule has 0 saturated carbocycles. The van der Waals surface area contributed by atoms with Gasteiger partial charge in [-0.25, -0.2) is 8.42 Å². The number of nitrogens with zero attached hydrogens (tertiary/aromatic N) is 1. The third-order valence-corrected chi connectivity index (χ3v) is 7.51. The predicted octanol–water partition coefficient (Wildman–Crippen LogP) is 2.19. The van der Waals surface area contributed by atoms with Gasteiger partial charge in [-0.3, -0.25) is 4.79 Å². The van der Waals surface area contributed by atoms with Crippen LogP contribution in [0.25, 0.3) is 0 Å². The first-order chi connectivity index (χ1) is 9.12. The van der Waals surface area contributed by atoms with Crippen LogP contribution < -0.4 is 4.87 Å². The lowest BCUT2D eigenvalue weighted by molar-refractivity contribution is 0.154. The van der Waals surface area contributed by atoms with E-state index in [1.807, 2.05) is 0 Å². The highest BCUT2D eigenvalue weighted by molar-refractivity contribution is 7.91. The molecular formula is C13H22N2O3S2. The molecule has 0 atom stereocenters. The molecule has 0 unspecified atom stereocenters. The highest BCUT2D eigenvalue weighted by atomic mass is 32.2. The van der Waals surface area contributed by atoms with Gasteiger partial charge in [0.25, 0.3) is 10.0 Å². The Bertz CT molecular complexity index is 629. The summed E-state index contributed by atoms with van der Waals surface area (Å²) in [6.45, 7) is 9.30. The zero-order valence-electron chi connectivity index (χ0n) is 12.4. The van der Waals surface area contributed by atoms with Gasteiger partial charge in [0, 0.05) is 18.8 Å². The van der Waals surface area contributed by atoms with Crippen LogP contribution in [0.1, 0.15) is 39.3 Å². The van der Waals surface area contributed by atoms with Gasteiger partial charge >= 0.3 is 4.87 Å². The van der Waals surface area contributed by atoms with Gasteiger partial charge in [0.15, 0.2) is 4.21 Å². The molecule has 0 aromatic carbocycles. The van der Waals surface area contributed by atoms with Gasteiger partial charge in [-0.1, -0.05) is 32.1 Å². The molecule has 20 heavy (non-hydrogen) atoms. The second kappa shape index (κ2) is 5.27. The lowest BCUT2D eigenvalue weighted by atomic mass is 9.76. The first-order valence-electron chi connectivity index (χ1n) is 6.82. The molecule has 1 N–H and O–H groups in total. The number of hydrogen-bond acceptors (Lipinski definition) is 4. The first kappa shape index (κ1) is 15.7. The Morgan fingerprint density at radius 2 is 1.80 bits per heavy atom. The van der Waals surface area contributed by atoms with Gasteiger partial charge in [-0.15, -0.1) is 0 Å². The van der Waals surface area contributed by atoms with Gasteiger partial charge < -0.3 is 4.98 Å². The van der Waals surface area contributed by atoms with Crippen LogP contribution in [0.4, 0.5) is 0 Å². The van der Waals surface area contributed by atoms with Crippen LogP contribution in [0.2, 0.25) is 0 Å². The number of rotatable bonds is 2. The lowest BCUT2D eigenvalue weighted by Crippen LogP contribution is -2.41. The highest BCUT2D eigenvalue weighted by Crippen LogP contribution is 2.36. The number of H-pyrrole nitrogens is 1. The Morgan fingerprint density at radius 1 is 1.25 bits per heavy atom. The molecule has 2 rings (SSSR count). The number of piperidine rings is 1. The lowest BCUT2D eigenvalue weighted by Gasteiger charge is -2.38. The van der Waals surface area contributed by atoms with Crippen LogP contribution in [-0.2, 0) is 10.0 Å². The third kappa shape index (κ3) is 2.99. The molecular weight excluding hydrogens is 296 g/mol. The Kier molecular flexibility index (Phi) is 4.15. The molecule has 0 aliphatic carbocycles. The monoisotopic (exact) mass is 318 g/mol. The summed E-state index contributed by atoms with van der Waals surface area (Å²) in [7, 11) is -3.52. The van der Waals surface area contributed by atoms with E-state index in [0.717, 1.165) is 24.2 Å². The van der Waals surface area contributed by atoms with E-state index in [9.17, 15) is 13.2 Å². The third-order valence-electron chi connectivity index (χ3n) is 4.03. The van der Waals surface area contributed by atoms with E-state index in [0.29, 0.717) is 24.7 Å². The van der Waals surface area contributed by atoms with Gasteiger partial charge in [0.1, 0.15) is 0 Å². The maximum Gasteiger partial charge on any atom is 0.305 e. The van der Waals surface area contributed by atoms with E-state index >= 15 is 0 Å². The molecule has 0 spiro atoms. The van der Waals surface area contributed by atoms with E-state index < -0.39 is 10.0 Å². The Hall–Kier alpha value is -0.660. The number of hydrogen-bond donors (Lipinski definition) is 1. The van der Waals surface area contributed by atoms with Crippen molar-refractivity contribution >= 4 is 21.4 Å². The fourth-order valence-corrected chi connectivity index (χ4v) is 5.62. The largest absolute Gasteiger partial charge is 0.315 e. The fraction of sp³-hybridized carbons (Fsp3) is 0.769. The normalized spacial score (nSPS) is 19.4. The van der Waals surface area contributed by atoms with Crippen molar-refractivity contribution in [2.45, 2.75) is 44.7 Å². The SMILES string of the molecule is Cc1[nH]c(=O)sc1S(=O)(=O)N1CCC(C(C)(C)C)CC1. The first-order valence-corrected chi connectivity index (χ1v) is 9.08. The minimum Gasteiger partial charge on any atom is -0.315 e. The second-order valence-electron chi connectivity index (χ2n) is 6.47. The summed E-state index contributed by atoms with van der Waals surface area (Å²) in [6, 6.07) is 0. The number of nitrogens with one attached hydrogen (secondary N) is 1. The maximum absolute atomic E-state index is 12.6. The average molecular weight is 318 g/mol. The van der Waals surface area contributed by atoms with Crippen molar-refractivity contribution in [3.8, 4) is 0 Å². The summed E-state index contributed by atoms with van der Waals surface area (Å²) < 4.78 is 26.8. The highest BCUT2D eigenvalue weighted by Gasteiger charge is 2.35. The molecule has 1 aromatic heterocycles. The van der Waals surface area contributed by atoms with Gasteiger partial charge in [0.2, 0.25) is 0 Å². The van der Waals surface area contributed by atoms with E-state index in [-0.39, 0.29) is 14.5 Å². The van der Waals surface area contributed by atoms with Gasteiger partial charge in [0.05, 0.1) is 0 Å². The summed E-state index contributed by atoms with van der Waals surface area (Å²) in [5, 5.41) is 0. The van der Waals surface area contributed by atoms with Crippen molar-refractivity contribution in [1.29, 1.82) is 0 Å². The van der Waals surface area contributed by atoms with Crippen molar-refractivity contribution in [3.05, 3.63) is 15.4 Å². The minimum absolute atomic E-state index is 0.164.